The molecule has 0 aliphatic heterocycles. The maximum Gasteiger partial charge on any atom is 0.162 e. The molecule has 0 amide bonds. The van der Waals surface area contributed by atoms with Gasteiger partial charge in [0, 0.05) is 22.7 Å². The van der Waals surface area contributed by atoms with Gasteiger partial charge in [-0.15, -0.1) is 0 Å². The summed E-state index contributed by atoms with van der Waals surface area (Å²) in [6.45, 7) is 0. The number of aromatic amines is 1. The lowest BCUT2D eigenvalue weighted by Crippen LogP contribution is -2.21. The number of hydrogen-bond donors (Lipinski definition) is 2. The lowest BCUT2D eigenvalue weighted by Gasteiger charge is -2.26. The summed E-state index contributed by atoms with van der Waals surface area (Å²) in [5.74, 6) is 1.43. The average molecular weight is 326 g/mol. The number of rotatable bonds is 5. The third-order valence-corrected chi connectivity index (χ3v) is 4.28. The number of benzene rings is 2. The van der Waals surface area contributed by atoms with Crippen molar-refractivity contribution < 1.29 is 14.6 Å². The Hall–Kier alpha value is -2.66. The second-order valence-electron chi connectivity index (χ2n) is 5.92. The molecule has 5 heteroatoms. The van der Waals surface area contributed by atoms with Gasteiger partial charge >= 0.3 is 0 Å². The highest BCUT2D eigenvalue weighted by atomic mass is 16.5. The first-order valence-electron chi connectivity index (χ1n) is 7.74. The van der Waals surface area contributed by atoms with E-state index in [9.17, 15) is 5.11 Å². The zero-order chi connectivity index (χ0) is 17.3. The molecule has 2 N–H and O–H groups in total. The first-order valence-corrected chi connectivity index (χ1v) is 7.74. The molecule has 2 aromatic carbocycles. The highest BCUT2D eigenvalue weighted by Gasteiger charge is 2.24. The largest absolute Gasteiger partial charge is 0.504 e. The highest BCUT2D eigenvalue weighted by Crippen LogP contribution is 2.40. The number of hydrogen-bond acceptors (Lipinski definition) is 4. The molecule has 3 rings (SSSR count). The Morgan fingerprint density at radius 1 is 1.04 bits per heavy atom. The van der Waals surface area contributed by atoms with E-state index >= 15 is 0 Å². The molecule has 0 bridgehead atoms. The average Bonchev–Trinajstić information content (AvgIpc) is 2.99. The van der Waals surface area contributed by atoms with E-state index in [2.05, 4.69) is 9.88 Å². The van der Waals surface area contributed by atoms with E-state index < -0.39 is 0 Å². The Morgan fingerprint density at radius 2 is 1.83 bits per heavy atom. The molecule has 3 aromatic rings. The van der Waals surface area contributed by atoms with Gasteiger partial charge in [0.15, 0.2) is 11.5 Å². The van der Waals surface area contributed by atoms with Gasteiger partial charge < -0.3 is 19.6 Å². The number of phenols is 1. The van der Waals surface area contributed by atoms with Crippen LogP contribution in [-0.4, -0.2) is 43.3 Å². The molecule has 0 saturated heterocycles. The Kier molecular flexibility index (Phi) is 4.36. The summed E-state index contributed by atoms with van der Waals surface area (Å²) in [6.07, 6.45) is 1.98. The number of methoxy groups -OCH3 is 2. The normalized spacial score (nSPS) is 12.5. The highest BCUT2D eigenvalue weighted by molar-refractivity contribution is 5.85. The minimum absolute atomic E-state index is 0.124. The summed E-state index contributed by atoms with van der Waals surface area (Å²) >= 11 is 0. The van der Waals surface area contributed by atoms with Gasteiger partial charge in [-0.2, -0.15) is 0 Å². The van der Waals surface area contributed by atoms with E-state index in [-0.39, 0.29) is 11.8 Å². The van der Waals surface area contributed by atoms with Crippen molar-refractivity contribution in [2.45, 2.75) is 6.04 Å². The van der Waals surface area contributed by atoms with Gasteiger partial charge in [0.2, 0.25) is 0 Å². The molecular weight excluding hydrogens is 304 g/mol. The topological polar surface area (TPSA) is 57.7 Å². The summed E-state index contributed by atoms with van der Waals surface area (Å²) in [5, 5.41) is 11.7. The lowest BCUT2D eigenvalue weighted by molar-refractivity contribution is 0.323. The van der Waals surface area contributed by atoms with Crippen LogP contribution >= 0.6 is 0 Å². The number of nitrogens with one attached hydrogen (secondary N) is 1. The number of nitrogens with zero attached hydrogens (tertiary/aromatic N) is 1. The minimum atomic E-state index is -0.124. The minimum Gasteiger partial charge on any atom is -0.504 e. The van der Waals surface area contributed by atoms with E-state index in [0.29, 0.717) is 5.75 Å². The summed E-state index contributed by atoms with van der Waals surface area (Å²) in [5.41, 5.74) is 2.89. The molecule has 0 saturated carbocycles. The zero-order valence-corrected chi connectivity index (χ0v) is 14.3. The molecule has 0 fully saturated rings. The number of phenolic OH excluding ortho intramolecular Hbond substituents is 1. The van der Waals surface area contributed by atoms with Gasteiger partial charge in [-0.3, -0.25) is 4.90 Å². The smallest absolute Gasteiger partial charge is 0.162 e. The quantitative estimate of drug-likeness (QED) is 0.753. The Balaban J connectivity index is 2.20. The van der Waals surface area contributed by atoms with Crippen LogP contribution in [0.4, 0.5) is 0 Å². The SMILES string of the molecule is COc1ccc2[nH]cc(C(c3cccc(OC)c3O)N(C)C)c2c1. The van der Waals surface area contributed by atoms with Gasteiger partial charge in [-0.05, 0) is 43.9 Å². The standard InChI is InChI=1S/C19H22N2O3/c1-21(2)18(13-6-5-7-17(24-4)19(13)22)15-11-20-16-9-8-12(23-3)10-14(15)16/h5-11,18,20,22H,1-4H3. The van der Waals surface area contributed by atoms with E-state index in [1.54, 1.807) is 20.3 Å². The molecule has 5 nitrogen and oxygen atoms in total. The molecule has 0 radical (unpaired) electrons. The number of aromatic hydroxyl groups is 1. The lowest BCUT2D eigenvalue weighted by atomic mass is 9.96. The van der Waals surface area contributed by atoms with Crippen LogP contribution in [0.3, 0.4) is 0 Å². The summed E-state index contributed by atoms with van der Waals surface area (Å²) in [7, 11) is 7.19. The predicted octanol–water partition coefficient (Wildman–Crippen LogP) is 3.54. The molecule has 0 spiro atoms. The summed E-state index contributed by atoms with van der Waals surface area (Å²) < 4.78 is 10.6. The number of ether oxygens (including phenoxy) is 2. The maximum atomic E-state index is 10.6. The molecular formula is C19H22N2O3. The van der Waals surface area contributed by atoms with E-state index in [4.69, 9.17) is 9.47 Å². The van der Waals surface area contributed by atoms with Crippen molar-refractivity contribution in [1.29, 1.82) is 0 Å². The van der Waals surface area contributed by atoms with Gasteiger partial charge in [0.25, 0.3) is 0 Å². The molecule has 0 aliphatic rings. The second-order valence-corrected chi connectivity index (χ2v) is 5.92. The molecule has 1 atom stereocenters. The first kappa shape index (κ1) is 16.2. The van der Waals surface area contributed by atoms with Gasteiger partial charge in [0.1, 0.15) is 5.75 Å². The van der Waals surface area contributed by atoms with Crippen LogP contribution in [0.1, 0.15) is 17.2 Å². The van der Waals surface area contributed by atoms with Crippen molar-refractivity contribution in [3.8, 4) is 17.2 Å². The zero-order valence-electron chi connectivity index (χ0n) is 14.3. The van der Waals surface area contributed by atoms with Crippen molar-refractivity contribution >= 4 is 10.9 Å². The van der Waals surface area contributed by atoms with Crippen LogP contribution in [0.2, 0.25) is 0 Å². The molecule has 24 heavy (non-hydrogen) atoms. The molecule has 0 aliphatic carbocycles. The van der Waals surface area contributed by atoms with Crippen molar-refractivity contribution in [2.24, 2.45) is 0 Å². The maximum absolute atomic E-state index is 10.6. The van der Waals surface area contributed by atoms with Crippen LogP contribution in [0.25, 0.3) is 10.9 Å². The molecule has 1 unspecified atom stereocenters. The van der Waals surface area contributed by atoms with Crippen molar-refractivity contribution in [3.05, 3.63) is 53.7 Å². The number of para-hydroxylation sites is 1. The first-order chi connectivity index (χ1) is 11.6. The number of aromatic nitrogens is 1. The summed E-state index contributed by atoms with van der Waals surface area (Å²) in [6, 6.07) is 11.4. The fourth-order valence-corrected chi connectivity index (χ4v) is 3.12. The van der Waals surface area contributed by atoms with Gasteiger partial charge in [0.05, 0.1) is 20.3 Å². The predicted molar refractivity (Wildman–Crippen MR) is 95.0 cm³/mol. The van der Waals surface area contributed by atoms with Crippen molar-refractivity contribution in [3.63, 3.8) is 0 Å². The third-order valence-electron chi connectivity index (χ3n) is 4.28. The van der Waals surface area contributed by atoms with E-state index in [1.807, 2.05) is 50.6 Å². The van der Waals surface area contributed by atoms with E-state index in [1.165, 1.54) is 0 Å². The number of H-pyrrole nitrogens is 1. The number of fused-ring (bicyclic) bond motifs is 1. The van der Waals surface area contributed by atoms with Crippen LogP contribution in [-0.2, 0) is 0 Å². The van der Waals surface area contributed by atoms with Gasteiger partial charge in [-0.25, -0.2) is 0 Å². The molecule has 1 heterocycles. The fourth-order valence-electron chi connectivity index (χ4n) is 3.12. The fraction of sp³-hybridized carbons (Fsp3) is 0.263. The van der Waals surface area contributed by atoms with Crippen LogP contribution in [0, 0.1) is 0 Å². The Morgan fingerprint density at radius 3 is 2.50 bits per heavy atom. The second kappa shape index (κ2) is 6.45. The molecule has 126 valence electrons. The van der Waals surface area contributed by atoms with Crippen molar-refractivity contribution in [1.82, 2.24) is 9.88 Å². The third kappa shape index (κ3) is 2.67. The van der Waals surface area contributed by atoms with Crippen LogP contribution < -0.4 is 9.47 Å². The molecule has 1 aromatic heterocycles. The van der Waals surface area contributed by atoms with Gasteiger partial charge in [-0.1, -0.05) is 12.1 Å². The summed E-state index contributed by atoms with van der Waals surface area (Å²) in [4.78, 5) is 5.36. The van der Waals surface area contributed by atoms with E-state index in [0.717, 1.165) is 27.8 Å². The monoisotopic (exact) mass is 326 g/mol. The Labute approximate surface area is 141 Å². The van der Waals surface area contributed by atoms with Crippen LogP contribution in [0.5, 0.6) is 17.2 Å². The Bertz CT molecular complexity index is 855. The van der Waals surface area contributed by atoms with Crippen LogP contribution in [0.15, 0.2) is 42.6 Å². The van der Waals surface area contributed by atoms with Crippen molar-refractivity contribution in [2.75, 3.05) is 28.3 Å².